The topological polar surface area (TPSA) is 123 Å². The average molecular weight is 330 g/mol. The smallest absolute Gasteiger partial charge is 0.270 e. The van der Waals surface area contributed by atoms with Gasteiger partial charge in [0.05, 0.1) is 11.4 Å². The number of aliphatic hydroxyl groups excluding tert-OH is 2. The molecule has 8 heteroatoms. The lowest BCUT2D eigenvalue weighted by Gasteiger charge is -2.18. The van der Waals surface area contributed by atoms with Crippen LogP contribution >= 0.6 is 0 Å². The second kappa shape index (κ2) is 8.51. The second-order valence-electron chi connectivity index (χ2n) is 4.85. The van der Waals surface area contributed by atoms with Crippen LogP contribution in [0.4, 0.5) is 11.4 Å². The van der Waals surface area contributed by atoms with Gasteiger partial charge in [0.15, 0.2) is 12.2 Å². The molecule has 0 saturated heterocycles. The molecule has 0 aliphatic heterocycles. The standard InChI is InChI=1S/C16H18N4O4/c21-13(15(23)19-17-11-7-3-1-4-8-11)14(22)16(24)20-18-12-9-5-2-6-10-12/h1-10,13-14,17-18,21-22H,(H,19,23)(H,20,24). The van der Waals surface area contributed by atoms with Gasteiger partial charge in [-0.25, -0.2) is 0 Å². The predicted molar refractivity (Wildman–Crippen MR) is 88.4 cm³/mol. The van der Waals surface area contributed by atoms with Crippen LogP contribution in [-0.4, -0.2) is 34.2 Å². The molecular weight excluding hydrogens is 312 g/mol. The Labute approximate surface area is 138 Å². The first kappa shape index (κ1) is 17.3. The number of nitrogens with one attached hydrogen (secondary N) is 4. The van der Waals surface area contributed by atoms with Gasteiger partial charge < -0.3 is 10.2 Å². The predicted octanol–water partition coefficient (Wildman–Crippen LogP) is -0.00520. The Kier molecular flexibility index (Phi) is 6.12. The summed E-state index contributed by atoms with van der Waals surface area (Å²) in [6, 6.07) is 17.4. The number of hydrogen-bond donors (Lipinski definition) is 6. The number of benzene rings is 2. The van der Waals surface area contributed by atoms with E-state index in [1.165, 1.54) is 0 Å². The van der Waals surface area contributed by atoms with Gasteiger partial charge in [0.2, 0.25) is 0 Å². The number of amides is 2. The lowest BCUT2D eigenvalue weighted by Crippen LogP contribution is -2.51. The third kappa shape index (κ3) is 4.97. The summed E-state index contributed by atoms with van der Waals surface area (Å²) < 4.78 is 0. The summed E-state index contributed by atoms with van der Waals surface area (Å²) in [5, 5.41) is 19.5. The molecule has 2 aromatic rings. The van der Waals surface area contributed by atoms with E-state index in [4.69, 9.17) is 0 Å². The summed E-state index contributed by atoms with van der Waals surface area (Å²) in [5.74, 6) is -1.89. The lowest BCUT2D eigenvalue weighted by molar-refractivity contribution is -0.145. The third-order valence-electron chi connectivity index (χ3n) is 3.04. The van der Waals surface area contributed by atoms with Crippen molar-refractivity contribution in [2.45, 2.75) is 12.2 Å². The average Bonchev–Trinajstić information content (AvgIpc) is 2.64. The van der Waals surface area contributed by atoms with Crippen LogP contribution in [-0.2, 0) is 9.59 Å². The highest BCUT2D eigenvalue weighted by atomic mass is 16.3. The molecule has 0 aromatic heterocycles. The first-order chi connectivity index (χ1) is 11.6. The first-order valence-electron chi connectivity index (χ1n) is 7.16. The molecule has 0 bridgehead atoms. The highest BCUT2D eigenvalue weighted by Crippen LogP contribution is 2.04. The molecule has 126 valence electrons. The Hall–Kier alpha value is -3.10. The van der Waals surface area contributed by atoms with Gasteiger partial charge in [-0.15, -0.1) is 0 Å². The van der Waals surface area contributed by atoms with Crippen molar-refractivity contribution in [2.75, 3.05) is 10.9 Å². The van der Waals surface area contributed by atoms with E-state index in [0.717, 1.165) is 0 Å². The molecule has 0 aliphatic rings. The molecule has 6 N–H and O–H groups in total. The fourth-order valence-electron chi connectivity index (χ4n) is 1.75. The van der Waals surface area contributed by atoms with Crippen molar-refractivity contribution in [3.05, 3.63) is 60.7 Å². The number of aliphatic hydroxyl groups is 2. The Morgan fingerprint density at radius 2 is 1.00 bits per heavy atom. The molecule has 0 spiro atoms. The van der Waals surface area contributed by atoms with Crippen LogP contribution in [0.25, 0.3) is 0 Å². The zero-order valence-electron chi connectivity index (χ0n) is 12.6. The lowest BCUT2D eigenvalue weighted by atomic mass is 10.2. The molecule has 0 aliphatic carbocycles. The largest absolute Gasteiger partial charge is 0.380 e. The number of hydrazine groups is 2. The van der Waals surface area contributed by atoms with E-state index < -0.39 is 24.0 Å². The Morgan fingerprint density at radius 3 is 1.33 bits per heavy atom. The van der Waals surface area contributed by atoms with Gasteiger partial charge in [-0.1, -0.05) is 36.4 Å². The maximum Gasteiger partial charge on any atom is 0.270 e. The van der Waals surface area contributed by atoms with Crippen LogP contribution in [0.5, 0.6) is 0 Å². The van der Waals surface area contributed by atoms with Gasteiger partial charge in [0.25, 0.3) is 11.8 Å². The third-order valence-corrected chi connectivity index (χ3v) is 3.04. The monoisotopic (exact) mass is 330 g/mol. The minimum Gasteiger partial charge on any atom is -0.380 e. The molecule has 0 fully saturated rings. The van der Waals surface area contributed by atoms with Crippen molar-refractivity contribution in [2.24, 2.45) is 0 Å². The second-order valence-corrected chi connectivity index (χ2v) is 4.85. The summed E-state index contributed by atoms with van der Waals surface area (Å²) in [4.78, 5) is 23.5. The van der Waals surface area contributed by atoms with E-state index >= 15 is 0 Å². The van der Waals surface area contributed by atoms with E-state index in [1.807, 2.05) is 0 Å². The van der Waals surface area contributed by atoms with Gasteiger partial charge in [0, 0.05) is 0 Å². The SMILES string of the molecule is O=C(NNc1ccccc1)C(O)C(O)C(=O)NNc1ccccc1. The molecule has 2 rings (SSSR count). The zero-order chi connectivity index (χ0) is 17.4. The minimum atomic E-state index is -1.93. The van der Waals surface area contributed by atoms with E-state index in [-0.39, 0.29) is 0 Å². The van der Waals surface area contributed by atoms with Gasteiger partial charge in [0.1, 0.15) is 0 Å². The highest BCUT2D eigenvalue weighted by molar-refractivity contribution is 5.91. The molecule has 8 nitrogen and oxygen atoms in total. The van der Waals surface area contributed by atoms with Crippen molar-refractivity contribution in [3.8, 4) is 0 Å². The number of hydrogen-bond acceptors (Lipinski definition) is 6. The van der Waals surface area contributed by atoms with Crippen molar-refractivity contribution in [3.63, 3.8) is 0 Å². The van der Waals surface area contributed by atoms with Crippen molar-refractivity contribution in [1.82, 2.24) is 10.9 Å². The molecular formula is C16H18N4O4. The van der Waals surface area contributed by atoms with E-state index in [9.17, 15) is 19.8 Å². The Bertz CT molecular complexity index is 607. The molecule has 2 amide bonds. The summed E-state index contributed by atoms with van der Waals surface area (Å²) in [6.07, 6.45) is -3.86. The van der Waals surface area contributed by atoms with Gasteiger partial charge in [-0.3, -0.25) is 31.3 Å². The minimum absolute atomic E-state index is 0.586. The first-order valence-corrected chi connectivity index (χ1v) is 7.16. The Balaban J connectivity index is 1.80. The van der Waals surface area contributed by atoms with Crippen molar-refractivity contribution < 1.29 is 19.8 Å². The molecule has 24 heavy (non-hydrogen) atoms. The fraction of sp³-hybridized carbons (Fsp3) is 0.125. The summed E-state index contributed by atoms with van der Waals surface area (Å²) >= 11 is 0. The summed E-state index contributed by atoms with van der Waals surface area (Å²) in [7, 11) is 0. The van der Waals surface area contributed by atoms with Crippen LogP contribution in [0.15, 0.2) is 60.7 Å². The zero-order valence-corrected chi connectivity index (χ0v) is 12.6. The fourth-order valence-corrected chi connectivity index (χ4v) is 1.75. The maximum atomic E-state index is 11.8. The number of carbonyl (C=O) groups is 2. The molecule has 0 radical (unpaired) electrons. The van der Waals surface area contributed by atoms with Crippen LogP contribution < -0.4 is 21.7 Å². The van der Waals surface area contributed by atoms with Crippen LogP contribution in [0.1, 0.15) is 0 Å². The normalized spacial score (nSPS) is 12.6. The van der Waals surface area contributed by atoms with Crippen LogP contribution in [0, 0.1) is 0 Å². The van der Waals surface area contributed by atoms with Crippen LogP contribution in [0.3, 0.4) is 0 Å². The number of carbonyl (C=O) groups excluding carboxylic acids is 2. The number of rotatable bonds is 7. The van der Waals surface area contributed by atoms with Crippen LogP contribution in [0.2, 0.25) is 0 Å². The molecule has 2 unspecified atom stereocenters. The van der Waals surface area contributed by atoms with E-state index in [0.29, 0.717) is 11.4 Å². The number of anilines is 2. The number of para-hydroxylation sites is 2. The molecule has 0 saturated carbocycles. The van der Waals surface area contributed by atoms with Gasteiger partial charge >= 0.3 is 0 Å². The molecule has 0 heterocycles. The summed E-state index contributed by atoms with van der Waals surface area (Å²) in [5.41, 5.74) is 10.7. The van der Waals surface area contributed by atoms with E-state index in [2.05, 4.69) is 21.7 Å². The molecule has 2 aromatic carbocycles. The van der Waals surface area contributed by atoms with Gasteiger partial charge in [-0.2, -0.15) is 0 Å². The maximum absolute atomic E-state index is 11.8. The van der Waals surface area contributed by atoms with E-state index in [1.54, 1.807) is 60.7 Å². The van der Waals surface area contributed by atoms with Gasteiger partial charge in [-0.05, 0) is 24.3 Å². The molecule has 2 atom stereocenters. The van der Waals surface area contributed by atoms with Crippen molar-refractivity contribution >= 4 is 23.2 Å². The summed E-state index contributed by atoms with van der Waals surface area (Å²) in [6.45, 7) is 0. The quantitative estimate of drug-likeness (QED) is 0.397. The highest BCUT2D eigenvalue weighted by Gasteiger charge is 2.30. The van der Waals surface area contributed by atoms with Crippen molar-refractivity contribution in [1.29, 1.82) is 0 Å². The Morgan fingerprint density at radius 1 is 0.667 bits per heavy atom.